The Hall–Kier alpha value is -0.360. The molecule has 1 N–H and O–H groups in total. The van der Waals surface area contributed by atoms with E-state index in [9.17, 15) is 17.6 Å². The SMILES string of the molecule is CN1CCCC(NCC(F)(F)C(F)F)C1. The van der Waals surface area contributed by atoms with Gasteiger partial charge in [0.2, 0.25) is 0 Å². The van der Waals surface area contributed by atoms with Crippen molar-refractivity contribution < 1.29 is 17.6 Å². The van der Waals surface area contributed by atoms with Crippen LogP contribution in [-0.4, -0.2) is 50.0 Å². The number of likely N-dealkylation sites (tertiary alicyclic amines) is 1. The number of nitrogens with one attached hydrogen (secondary N) is 1. The van der Waals surface area contributed by atoms with Gasteiger partial charge in [0.25, 0.3) is 0 Å². The minimum Gasteiger partial charge on any atom is -0.307 e. The lowest BCUT2D eigenvalue weighted by atomic mass is 10.1. The Morgan fingerprint density at radius 2 is 2.13 bits per heavy atom. The van der Waals surface area contributed by atoms with Gasteiger partial charge in [0.05, 0.1) is 6.54 Å². The second-order valence-corrected chi connectivity index (χ2v) is 4.04. The van der Waals surface area contributed by atoms with Gasteiger partial charge in [-0.3, -0.25) is 0 Å². The number of nitrogens with zero attached hydrogens (tertiary/aromatic N) is 1. The highest BCUT2D eigenvalue weighted by Crippen LogP contribution is 2.22. The molecule has 1 unspecified atom stereocenters. The Bertz CT molecular complexity index is 199. The molecular formula is C9H16F4N2. The largest absolute Gasteiger partial charge is 0.319 e. The fourth-order valence-electron chi connectivity index (χ4n) is 1.69. The van der Waals surface area contributed by atoms with Gasteiger partial charge in [-0.15, -0.1) is 0 Å². The second kappa shape index (κ2) is 5.12. The molecule has 1 saturated heterocycles. The maximum absolute atomic E-state index is 12.6. The highest BCUT2D eigenvalue weighted by Gasteiger charge is 2.40. The lowest BCUT2D eigenvalue weighted by molar-refractivity contribution is -0.126. The summed E-state index contributed by atoms with van der Waals surface area (Å²) in [7, 11) is 1.89. The van der Waals surface area contributed by atoms with E-state index in [4.69, 9.17) is 0 Å². The molecule has 0 aromatic heterocycles. The summed E-state index contributed by atoms with van der Waals surface area (Å²) in [6.07, 6.45) is -1.91. The number of hydrogen-bond acceptors (Lipinski definition) is 2. The monoisotopic (exact) mass is 228 g/mol. The number of hydrogen-bond donors (Lipinski definition) is 1. The van der Waals surface area contributed by atoms with Crippen molar-refractivity contribution in [3.63, 3.8) is 0 Å². The first-order valence-corrected chi connectivity index (χ1v) is 5.00. The van der Waals surface area contributed by atoms with Crippen LogP contribution in [0.4, 0.5) is 17.6 Å². The van der Waals surface area contributed by atoms with Crippen molar-refractivity contribution in [2.75, 3.05) is 26.7 Å². The van der Waals surface area contributed by atoms with Gasteiger partial charge in [0.15, 0.2) is 0 Å². The third-order valence-corrected chi connectivity index (χ3v) is 2.57. The van der Waals surface area contributed by atoms with Gasteiger partial charge < -0.3 is 10.2 Å². The molecule has 1 heterocycles. The van der Waals surface area contributed by atoms with Gasteiger partial charge in [-0.05, 0) is 26.4 Å². The molecule has 1 aliphatic rings. The van der Waals surface area contributed by atoms with Crippen molar-refractivity contribution in [2.45, 2.75) is 31.2 Å². The van der Waals surface area contributed by atoms with E-state index in [1.165, 1.54) is 0 Å². The van der Waals surface area contributed by atoms with Crippen LogP contribution in [0.3, 0.4) is 0 Å². The molecule has 1 fully saturated rings. The van der Waals surface area contributed by atoms with Crippen molar-refractivity contribution in [2.24, 2.45) is 0 Å². The Morgan fingerprint density at radius 3 is 2.67 bits per heavy atom. The predicted octanol–water partition coefficient (Wildman–Crippen LogP) is 1.57. The zero-order chi connectivity index (χ0) is 11.5. The number of rotatable bonds is 4. The molecule has 0 bridgehead atoms. The molecule has 1 aliphatic heterocycles. The van der Waals surface area contributed by atoms with E-state index >= 15 is 0 Å². The number of halogens is 4. The summed E-state index contributed by atoms with van der Waals surface area (Å²) in [5.74, 6) is -3.92. The first kappa shape index (κ1) is 12.7. The molecule has 0 radical (unpaired) electrons. The zero-order valence-electron chi connectivity index (χ0n) is 8.65. The molecule has 1 rings (SSSR count). The molecular weight excluding hydrogens is 212 g/mol. The summed E-state index contributed by atoms with van der Waals surface area (Å²) < 4.78 is 48.8. The van der Waals surface area contributed by atoms with Crippen molar-refractivity contribution in [3.05, 3.63) is 0 Å². The third-order valence-electron chi connectivity index (χ3n) is 2.57. The quantitative estimate of drug-likeness (QED) is 0.735. The summed E-state index contributed by atoms with van der Waals surface area (Å²) in [6, 6.07) is -0.103. The maximum Gasteiger partial charge on any atom is 0.319 e. The Labute approximate surface area is 86.6 Å². The highest BCUT2D eigenvalue weighted by molar-refractivity contribution is 4.80. The zero-order valence-corrected chi connectivity index (χ0v) is 8.65. The first-order chi connectivity index (χ1) is 6.92. The smallest absolute Gasteiger partial charge is 0.307 e. The Kier molecular flexibility index (Phi) is 4.33. The molecule has 0 spiro atoms. The number of piperidine rings is 1. The van der Waals surface area contributed by atoms with Crippen molar-refractivity contribution in [1.29, 1.82) is 0 Å². The molecule has 0 saturated carbocycles. The number of likely N-dealkylation sites (N-methyl/N-ethyl adjacent to an activating group) is 1. The highest BCUT2D eigenvalue weighted by atomic mass is 19.3. The summed E-state index contributed by atoms with van der Waals surface area (Å²) >= 11 is 0. The molecule has 0 aliphatic carbocycles. The van der Waals surface area contributed by atoms with Gasteiger partial charge >= 0.3 is 12.3 Å². The van der Waals surface area contributed by atoms with Crippen LogP contribution >= 0.6 is 0 Å². The van der Waals surface area contributed by atoms with Gasteiger partial charge in [0, 0.05) is 12.6 Å². The molecule has 0 aromatic rings. The van der Waals surface area contributed by atoms with Crippen LogP contribution in [0.5, 0.6) is 0 Å². The van der Waals surface area contributed by atoms with Crippen LogP contribution in [0.2, 0.25) is 0 Å². The van der Waals surface area contributed by atoms with Crippen LogP contribution in [-0.2, 0) is 0 Å². The van der Waals surface area contributed by atoms with Gasteiger partial charge in [-0.1, -0.05) is 0 Å². The van der Waals surface area contributed by atoms with Crippen LogP contribution in [0.1, 0.15) is 12.8 Å². The van der Waals surface area contributed by atoms with E-state index in [1.807, 2.05) is 11.9 Å². The minimum absolute atomic E-state index is 0.103. The molecule has 15 heavy (non-hydrogen) atoms. The average Bonchev–Trinajstić information content (AvgIpc) is 2.15. The van der Waals surface area contributed by atoms with E-state index < -0.39 is 18.9 Å². The normalized spacial score (nSPS) is 24.8. The standard InChI is InChI=1S/C9H16F4N2/c1-15-4-2-3-7(5-15)14-6-9(12,13)8(10)11/h7-8,14H,2-6H2,1H3. The Balaban J connectivity index is 2.30. The Morgan fingerprint density at radius 1 is 1.47 bits per heavy atom. The minimum atomic E-state index is -3.92. The summed E-state index contributed by atoms with van der Waals surface area (Å²) in [6.45, 7) is 0.631. The fourth-order valence-corrected chi connectivity index (χ4v) is 1.69. The van der Waals surface area contributed by atoms with E-state index in [1.54, 1.807) is 0 Å². The average molecular weight is 228 g/mol. The molecule has 0 aromatic carbocycles. The molecule has 0 amide bonds. The molecule has 90 valence electrons. The lowest BCUT2D eigenvalue weighted by Crippen LogP contribution is -2.49. The molecule has 6 heteroatoms. The van der Waals surface area contributed by atoms with Crippen LogP contribution in [0.25, 0.3) is 0 Å². The van der Waals surface area contributed by atoms with E-state index in [2.05, 4.69) is 5.32 Å². The molecule has 1 atom stereocenters. The summed E-state index contributed by atoms with van der Waals surface area (Å²) in [5.41, 5.74) is 0. The van der Waals surface area contributed by atoms with Gasteiger partial charge in [-0.2, -0.15) is 8.78 Å². The summed E-state index contributed by atoms with van der Waals surface area (Å²) in [4.78, 5) is 2.00. The van der Waals surface area contributed by atoms with Crippen LogP contribution in [0.15, 0.2) is 0 Å². The lowest BCUT2D eigenvalue weighted by Gasteiger charge is -2.31. The molecule has 2 nitrogen and oxygen atoms in total. The number of alkyl halides is 4. The summed E-state index contributed by atoms with van der Waals surface area (Å²) in [5, 5.41) is 2.50. The van der Waals surface area contributed by atoms with Crippen molar-refractivity contribution in [1.82, 2.24) is 10.2 Å². The van der Waals surface area contributed by atoms with Gasteiger partial charge in [0.1, 0.15) is 0 Å². The fraction of sp³-hybridized carbons (Fsp3) is 1.00. The maximum atomic E-state index is 12.6. The van der Waals surface area contributed by atoms with Crippen molar-refractivity contribution >= 4 is 0 Å². The van der Waals surface area contributed by atoms with E-state index in [0.29, 0.717) is 6.54 Å². The predicted molar refractivity (Wildman–Crippen MR) is 49.5 cm³/mol. The topological polar surface area (TPSA) is 15.3 Å². The van der Waals surface area contributed by atoms with E-state index in [0.717, 1.165) is 19.4 Å². The second-order valence-electron chi connectivity index (χ2n) is 4.04. The third kappa shape index (κ3) is 3.95. The van der Waals surface area contributed by atoms with Crippen LogP contribution in [0, 0.1) is 0 Å². The van der Waals surface area contributed by atoms with Crippen molar-refractivity contribution in [3.8, 4) is 0 Å². The van der Waals surface area contributed by atoms with Gasteiger partial charge in [-0.25, -0.2) is 8.78 Å². The van der Waals surface area contributed by atoms with Crippen LogP contribution < -0.4 is 5.32 Å². The first-order valence-electron chi connectivity index (χ1n) is 5.00. The van der Waals surface area contributed by atoms with E-state index in [-0.39, 0.29) is 6.04 Å².